The number of rotatable bonds is 3. The van der Waals surface area contributed by atoms with E-state index in [2.05, 4.69) is 15.9 Å². The molecule has 0 bridgehead atoms. The molecule has 1 aromatic rings. The fraction of sp³-hybridized carbons (Fsp3) is 0.583. The Bertz CT molecular complexity index is 377. The van der Waals surface area contributed by atoms with Crippen LogP contribution in [-0.4, -0.2) is 11.8 Å². The standard InChI is InChI=1S/C12H16BrNOS/c13-9-5-11(16-7-9)6-12(15)8-2-1-3-10(14)4-8/h5,7-8,10H,1-4,6,14H2. The van der Waals surface area contributed by atoms with Gasteiger partial charge in [0, 0.05) is 33.1 Å². The molecule has 0 saturated heterocycles. The molecule has 0 amide bonds. The Kier molecular flexibility index (Phi) is 4.16. The van der Waals surface area contributed by atoms with Crippen LogP contribution >= 0.6 is 27.3 Å². The van der Waals surface area contributed by atoms with Crippen LogP contribution in [0.1, 0.15) is 30.6 Å². The van der Waals surface area contributed by atoms with E-state index in [9.17, 15) is 4.79 Å². The van der Waals surface area contributed by atoms with Crippen LogP contribution in [0, 0.1) is 5.92 Å². The van der Waals surface area contributed by atoms with E-state index in [1.165, 1.54) is 0 Å². The molecular formula is C12H16BrNOS. The van der Waals surface area contributed by atoms with Crippen molar-refractivity contribution in [2.75, 3.05) is 0 Å². The number of hydrogen-bond donors (Lipinski definition) is 1. The van der Waals surface area contributed by atoms with Crippen molar-refractivity contribution in [1.29, 1.82) is 0 Å². The molecule has 2 unspecified atom stereocenters. The number of halogens is 1. The molecule has 0 radical (unpaired) electrons. The van der Waals surface area contributed by atoms with Crippen molar-refractivity contribution < 1.29 is 4.79 Å². The highest BCUT2D eigenvalue weighted by Gasteiger charge is 2.25. The van der Waals surface area contributed by atoms with Gasteiger partial charge in [0.15, 0.2) is 0 Å². The number of hydrogen-bond acceptors (Lipinski definition) is 3. The summed E-state index contributed by atoms with van der Waals surface area (Å²) in [5.41, 5.74) is 5.90. The SMILES string of the molecule is NC1CCCC(C(=O)Cc2cc(Br)cs2)C1. The molecule has 4 heteroatoms. The van der Waals surface area contributed by atoms with Gasteiger partial charge in [0.2, 0.25) is 0 Å². The molecule has 88 valence electrons. The van der Waals surface area contributed by atoms with Crippen molar-refractivity contribution in [3.05, 3.63) is 20.8 Å². The summed E-state index contributed by atoms with van der Waals surface area (Å²) in [4.78, 5) is 13.2. The first-order valence-corrected chi connectivity index (χ1v) is 7.33. The maximum absolute atomic E-state index is 12.1. The van der Waals surface area contributed by atoms with Gasteiger partial charge in [-0.25, -0.2) is 0 Å². The summed E-state index contributed by atoms with van der Waals surface area (Å²) in [5.74, 6) is 0.564. The molecule has 2 nitrogen and oxygen atoms in total. The molecule has 0 spiro atoms. The van der Waals surface area contributed by atoms with Crippen LogP contribution in [-0.2, 0) is 11.2 Å². The van der Waals surface area contributed by atoms with E-state index in [4.69, 9.17) is 5.73 Å². The third-order valence-corrected chi connectivity index (χ3v) is 4.84. The molecule has 2 rings (SSSR count). The molecular weight excluding hydrogens is 286 g/mol. The van der Waals surface area contributed by atoms with E-state index in [-0.39, 0.29) is 12.0 Å². The number of nitrogens with two attached hydrogens (primary N) is 1. The van der Waals surface area contributed by atoms with Crippen LogP contribution in [0.4, 0.5) is 0 Å². The Morgan fingerprint density at radius 3 is 3.00 bits per heavy atom. The van der Waals surface area contributed by atoms with Crippen molar-refractivity contribution in [1.82, 2.24) is 0 Å². The molecule has 16 heavy (non-hydrogen) atoms. The molecule has 0 aromatic carbocycles. The zero-order valence-electron chi connectivity index (χ0n) is 9.12. The van der Waals surface area contributed by atoms with Gasteiger partial charge < -0.3 is 5.73 Å². The summed E-state index contributed by atoms with van der Waals surface area (Å²) in [6.45, 7) is 0. The first kappa shape index (κ1) is 12.3. The first-order chi connectivity index (χ1) is 7.65. The average Bonchev–Trinajstić information content (AvgIpc) is 2.64. The van der Waals surface area contributed by atoms with Crippen LogP contribution in [0.15, 0.2) is 15.9 Å². The monoisotopic (exact) mass is 301 g/mol. The zero-order valence-corrected chi connectivity index (χ0v) is 11.5. The zero-order chi connectivity index (χ0) is 11.5. The normalized spacial score (nSPS) is 25.6. The summed E-state index contributed by atoms with van der Waals surface area (Å²) >= 11 is 5.05. The Morgan fingerprint density at radius 1 is 1.56 bits per heavy atom. The second-order valence-corrected chi connectivity index (χ2v) is 6.41. The van der Waals surface area contributed by atoms with Crippen molar-refractivity contribution in [3.8, 4) is 0 Å². The minimum atomic E-state index is 0.199. The van der Waals surface area contributed by atoms with E-state index in [0.29, 0.717) is 12.2 Å². The van der Waals surface area contributed by atoms with Gasteiger partial charge in [-0.1, -0.05) is 6.42 Å². The summed E-state index contributed by atoms with van der Waals surface area (Å²) in [7, 11) is 0. The molecule has 1 aliphatic rings. The van der Waals surface area contributed by atoms with Gasteiger partial charge >= 0.3 is 0 Å². The van der Waals surface area contributed by atoms with E-state index >= 15 is 0 Å². The lowest BCUT2D eigenvalue weighted by atomic mass is 9.82. The van der Waals surface area contributed by atoms with Crippen LogP contribution in [0.2, 0.25) is 0 Å². The van der Waals surface area contributed by atoms with Crippen molar-refractivity contribution in [3.63, 3.8) is 0 Å². The molecule has 2 N–H and O–H groups in total. The Hall–Kier alpha value is -0.190. The van der Waals surface area contributed by atoms with Crippen molar-refractivity contribution >= 4 is 33.0 Å². The number of thiophene rings is 1. The highest BCUT2D eigenvalue weighted by Crippen LogP contribution is 2.27. The van der Waals surface area contributed by atoms with Gasteiger partial charge in [0.05, 0.1) is 0 Å². The van der Waals surface area contributed by atoms with Crippen molar-refractivity contribution in [2.24, 2.45) is 11.7 Å². The van der Waals surface area contributed by atoms with E-state index in [1.807, 2.05) is 11.4 Å². The number of Topliss-reactive ketones (excluding diaryl/α,β-unsaturated/α-hetero) is 1. The van der Waals surface area contributed by atoms with Gasteiger partial charge in [-0.05, 0) is 41.3 Å². The smallest absolute Gasteiger partial charge is 0.141 e. The number of ketones is 1. The number of carbonyl (C=O) groups excluding carboxylic acids is 1. The summed E-state index contributed by atoms with van der Waals surface area (Å²) in [5, 5.41) is 2.02. The second-order valence-electron chi connectivity index (χ2n) is 4.50. The lowest BCUT2D eigenvalue weighted by Gasteiger charge is -2.25. The largest absolute Gasteiger partial charge is 0.328 e. The highest BCUT2D eigenvalue weighted by molar-refractivity contribution is 9.10. The van der Waals surface area contributed by atoms with E-state index < -0.39 is 0 Å². The fourth-order valence-electron chi connectivity index (χ4n) is 2.28. The first-order valence-electron chi connectivity index (χ1n) is 5.66. The lowest BCUT2D eigenvalue weighted by Crippen LogP contribution is -2.32. The van der Waals surface area contributed by atoms with Crippen LogP contribution in [0.5, 0.6) is 0 Å². The van der Waals surface area contributed by atoms with Gasteiger partial charge in [-0.2, -0.15) is 0 Å². The quantitative estimate of drug-likeness (QED) is 0.932. The molecule has 1 heterocycles. The fourth-order valence-corrected chi connectivity index (χ4v) is 3.74. The second kappa shape index (κ2) is 5.43. The minimum absolute atomic E-state index is 0.199. The summed E-state index contributed by atoms with van der Waals surface area (Å²) in [6, 6.07) is 2.27. The predicted octanol–water partition coefficient (Wildman–Crippen LogP) is 3.14. The topological polar surface area (TPSA) is 43.1 Å². The maximum atomic E-state index is 12.1. The highest BCUT2D eigenvalue weighted by atomic mass is 79.9. The maximum Gasteiger partial charge on any atom is 0.141 e. The molecule has 0 aliphatic heterocycles. The van der Waals surface area contributed by atoms with Crippen LogP contribution in [0.3, 0.4) is 0 Å². The Balaban J connectivity index is 1.92. The summed E-state index contributed by atoms with van der Waals surface area (Å²) < 4.78 is 1.07. The molecule has 2 atom stereocenters. The number of carbonyl (C=O) groups is 1. The van der Waals surface area contributed by atoms with Gasteiger partial charge in [0.25, 0.3) is 0 Å². The third-order valence-electron chi connectivity index (χ3n) is 3.14. The molecule has 1 fully saturated rings. The van der Waals surface area contributed by atoms with Gasteiger partial charge in [0.1, 0.15) is 5.78 Å². The third kappa shape index (κ3) is 3.15. The predicted molar refractivity (Wildman–Crippen MR) is 70.7 cm³/mol. The average molecular weight is 302 g/mol. The summed E-state index contributed by atoms with van der Waals surface area (Å²) in [6.07, 6.45) is 4.66. The lowest BCUT2D eigenvalue weighted by molar-refractivity contribution is -0.123. The van der Waals surface area contributed by atoms with Gasteiger partial charge in [-0.15, -0.1) is 11.3 Å². The van der Waals surface area contributed by atoms with E-state index in [1.54, 1.807) is 11.3 Å². The minimum Gasteiger partial charge on any atom is -0.328 e. The van der Waals surface area contributed by atoms with Crippen LogP contribution < -0.4 is 5.73 Å². The molecule has 1 saturated carbocycles. The Morgan fingerprint density at radius 2 is 2.38 bits per heavy atom. The molecule has 1 aromatic heterocycles. The van der Waals surface area contributed by atoms with Crippen molar-refractivity contribution in [2.45, 2.75) is 38.1 Å². The molecule has 1 aliphatic carbocycles. The van der Waals surface area contributed by atoms with E-state index in [0.717, 1.165) is 35.0 Å². The Labute approximate surface area is 108 Å². The van der Waals surface area contributed by atoms with Crippen LogP contribution in [0.25, 0.3) is 0 Å². The van der Waals surface area contributed by atoms with Gasteiger partial charge in [-0.3, -0.25) is 4.79 Å².